The van der Waals surface area contributed by atoms with Crippen molar-refractivity contribution in [3.63, 3.8) is 0 Å². The van der Waals surface area contributed by atoms with Gasteiger partial charge in [-0.2, -0.15) is 0 Å². The maximum atomic E-state index is 14.2. The molecule has 1 aromatic carbocycles. The molecular formula is C25H28F2N4O5. The summed E-state index contributed by atoms with van der Waals surface area (Å²) in [6, 6.07) is 3.64. The van der Waals surface area contributed by atoms with Crippen LogP contribution in [0.2, 0.25) is 0 Å². The van der Waals surface area contributed by atoms with E-state index in [0.29, 0.717) is 31.3 Å². The molecule has 3 atom stereocenters. The van der Waals surface area contributed by atoms with Gasteiger partial charge in [0, 0.05) is 29.9 Å². The number of aromatic nitrogens is 1. The minimum Gasteiger partial charge on any atom is -0.370 e. The van der Waals surface area contributed by atoms with Gasteiger partial charge < -0.3 is 25.3 Å². The van der Waals surface area contributed by atoms with E-state index in [2.05, 4.69) is 15.6 Å². The molecule has 3 N–H and O–H groups in total. The lowest BCUT2D eigenvalue weighted by Gasteiger charge is -2.53. The second-order valence-electron chi connectivity index (χ2n) is 9.73. The summed E-state index contributed by atoms with van der Waals surface area (Å²) >= 11 is 0. The highest BCUT2D eigenvalue weighted by molar-refractivity contribution is 6.01. The van der Waals surface area contributed by atoms with E-state index in [1.807, 2.05) is 0 Å². The Bertz CT molecular complexity index is 1210. The summed E-state index contributed by atoms with van der Waals surface area (Å²) in [6.07, 6.45) is 2.36. The maximum absolute atomic E-state index is 14.2. The molecule has 2 aromatic rings. The highest BCUT2D eigenvalue weighted by atomic mass is 19.1. The van der Waals surface area contributed by atoms with Crippen LogP contribution in [0.1, 0.15) is 42.6 Å². The first-order chi connectivity index (χ1) is 17.3. The van der Waals surface area contributed by atoms with Gasteiger partial charge >= 0.3 is 0 Å². The zero-order valence-corrected chi connectivity index (χ0v) is 19.6. The van der Waals surface area contributed by atoms with Crippen LogP contribution in [0.25, 0.3) is 10.9 Å². The van der Waals surface area contributed by atoms with Gasteiger partial charge in [-0.25, -0.2) is 8.78 Å². The van der Waals surface area contributed by atoms with Crippen LogP contribution in [0.15, 0.2) is 24.3 Å². The monoisotopic (exact) mass is 502 g/mol. The number of amides is 3. The molecule has 11 heteroatoms. The Balaban J connectivity index is 1.42. The second kappa shape index (κ2) is 9.61. The van der Waals surface area contributed by atoms with Crippen molar-refractivity contribution in [1.29, 1.82) is 0 Å². The van der Waals surface area contributed by atoms with Gasteiger partial charge in [-0.3, -0.25) is 19.2 Å². The highest BCUT2D eigenvalue weighted by Crippen LogP contribution is 2.43. The molecule has 0 bridgehead atoms. The highest BCUT2D eigenvalue weighted by Gasteiger charge is 2.55. The summed E-state index contributed by atoms with van der Waals surface area (Å²) in [5.74, 6) is -3.17. The van der Waals surface area contributed by atoms with Crippen LogP contribution in [0.3, 0.4) is 0 Å². The number of morpholine rings is 1. The summed E-state index contributed by atoms with van der Waals surface area (Å²) in [5.41, 5.74) is -0.332. The van der Waals surface area contributed by atoms with Gasteiger partial charge in [0.05, 0.1) is 18.2 Å². The first-order valence-electron chi connectivity index (χ1n) is 12.2. The van der Waals surface area contributed by atoms with Crippen molar-refractivity contribution >= 4 is 34.4 Å². The Morgan fingerprint density at radius 2 is 2.08 bits per heavy atom. The molecule has 192 valence electrons. The van der Waals surface area contributed by atoms with E-state index in [4.69, 9.17) is 4.74 Å². The molecule has 1 aliphatic carbocycles. The third kappa shape index (κ3) is 4.25. The van der Waals surface area contributed by atoms with Crippen molar-refractivity contribution in [3.05, 3.63) is 35.8 Å². The van der Waals surface area contributed by atoms with Crippen molar-refractivity contribution < 1.29 is 32.7 Å². The summed E-state index contributed by atoms with van der Waals surface area (Å²) < 4.78 is 33.6. The second-order valence-corrected chi connectivity index (χ2v) is 9.73. The van der Waals surface area contributed by atoms with Crippen LogP contribution in [0.5, 0.6) is 0 Å². The average molecular weight is 503 g/mol. The number of benzene rings is 1. The normalized spacial score (nSPS) is 23.8. The van der Waals surface area contributed by atoms with Gasteiger partial charge in [0.2, 0.25) is 11.8 Å². The van der Waals surface area contributed by atoms with Crippen molar-refractivity contribution in [2.75, 3.05) is 26.4 Å². The van der Waals surface area contributed by atoms with Gasteiger partial charge in [-0.15, -0.1) is 0 Å². The standard InChI is InChI=1S/C25H28F2N4O5/c26-13-20(32)18(11-14-5-8-28-22(14)33)30-23(34)21-25(6-2-7-25)36-10-9-31(21)24(35)19-12-15-16(27)3-1-4-17(15)29-19/h1,3-4,12,14,18,21,29H,2,5-11,13H2,(H,28,33)(H,30,34)/t14-,18+,21-/m1/s1. The largest absolute Gasteiger partial charge is 0.370 e. The predicted molar refractivity (Wildman–Crippen MR) is 124 cm³/mol. The topological polar surface area (TPSA) is 121 Å². The van der Waals surface area contributed by atoms with Gasteiger partial charge in [-0.1, -0.05) is 6.07 Å². The Labute approximate surface area is 205 Å². The first kappa shape index (κ1) is 24.4. The number of alkyl halides is 1. The fourth-order valence-corrected chi connectivity index (χ4v) is 5.54. The molecule has 2 saturated heterocycles. The van der Waals surface area contributed by atoms with Crippen molar-refractivity contribution in [3.8, 4) is 0 Å². The molecule has 0 radical (unpaired) electrons. The number of halogens is 2. The molecule has 2 aliphatic heterocycles. The molecular weight excluding hydrogens is 474 g/mol. The number of Topliss-reactive ketones (excluding diaryl/α,β-unsaturated/α-hetero) is 1. The molecule has 1 aromatic heterocycles. The van der Waals surface area contributed by atoms with Crippen LogP contribution in [0, 0.1) is 11.7 Å². The lowest BCUT2D eigenvalue weighted by Crippen LogP contribution is -2.69. The van der Waals surface area contributed by atoms with Gasteiger partial charge in [0.25, 0.3) is 5.91 Å². The van der Waals surface area contributed by atoms with Gasteiger partial charge in [0.15, 0.2) is 5.78 Å². The molecule has 1 spiro atoms. The number of nitrogens with zero attached hydrogens (tertiary/aromatic N) is 1. The van der Waals surface area contributed by atoms with E-state index in [9.17, 15) is 28.0 Å². The lowest BCUT2D eigenvalue weighted by molar-refractivity contribution is -0.184. The van der Waals surface area contributed by atoms with E-state index in [0.717, 1.165) is 6.42 Å². The molecule has 3 amide bonds. The number of hydrogen-bond acceptors (Lipinski definition) is 5. The minimum absolute atomic E-state index is 0.0177. The molecule has 1 saturated carbocycles. The zero-order chi connectivity index (χ0) is 25.4. The molecule has 3 fully saturated rings. The minimum atomic E-state index is -1.28. The molecule has 0 unspecified atom stereocenters. The number of ketones is 1. The third-order valence-corrected chi connectivity index (χ3v) is 7.60. The summed E-state index contributed by atoms with van der Waals surface area (Å²) in [5, 5.41) is 5.56. The molecule has 9 nitrogen and oxygen atoms in total. The number of fused-ring (bicyclic) bond motifs is 1. The van der Waals surface area contributed by atoms with E-state index < -0.39 is 53.7 Å². The first-order valence-corrected chi connectivity index (χ1v) is 12.2. The SMILES string of the molecule is O=C1NCC[C@@H]1C[C@H](NC(=O)[C@H]1N(C(=O)c2cc3c(F)cccc3[nH]2)CCOC12CCC2)C(=O)CF. The van der Waals surface area contributed by atoms with Crippen LogP contribution in [-0.2, 0) is 19.1 Å². The Morgan fingerprint density at radius 1 is 1.28 bits per heavy atom. The fourth-order valence-electron chi connectivity index (χ4n) is 5.54. The number of ether oxygens (including phenoxy) is 1. The molecule has 5 rings (SSSR count). The molecule has 3 heterocycles. The van der Waals surface area contributed by atoms with Crippen LogP contribution in [0.4, 0.5) is 8.78 Å². The molecule has 36 heavy (non-hydrogen) atoms. The summed E-state index contributed by atoms with van der Waals surface area (Å²) in [7, 11) is 0. The number of aromatic amines is 1. The fraction of sp³-hybridized carbons (Fsp3) is 0.520. The number of carbonyl (C=O) groups excluding carboxylic acids is 4. The van der Waals surface area contributed by atoms with Gasteiger partial charge in [-0.05, 0) is 50.3 Å². The third-order valence-electron chi connectivity index (χ3n) is 7.60. The number of H-pyrrole nitrogens is 1. The van der Waals surface area contributed by atoms with E-state index in [-0.39, 0.29) is 36.6 Å². The maximum Gasteiger partial charge on any atom is 0.271 e. The van der Waals surface area contributed by atoms with Gasteiger partial charge in [0.1, 0.15) is 24.2 Å². The van der Waals surface area contributed by atoms with Crippen molar-refractivity contribution in [2.24, 2.45) is 5.92 Å². The number of carbonyl (C=O) groups is 4. The number of nitrogens with one attached hydrogen (secondary N) is 3. The van der Waals surface area contributed by atoms with Crippen LogP contribution >= 0.6 is 0 Å². The smallest absolute Gasteiger partial charge is 0.271 e. The predicted octanol–water partition coefficient (Wildman–Crippen LogP) is 1.62. The zero-order valence-electron chi connectivity index (χ0n) is 19.6. The van der Waals surface area contributed by atoms with Crippen molar-refractivity contribution in [2.45, 2.75) is 49.8 Å². The number of rotatable bonds is 7. The Morgan fingerprint density at radius 3 is 2.72 bits per heavy atom. The van der Waals surface area contributed by atoms with Crippen LogP contribution in [-0.4, -0.2) is 77.4 Å². The number of hydrogen-bond donors (Lipinski definition) is 3. The summed E-state index contributed by atoms with van der Waals surface area (Å²) in [4.78, 5) is 55.9. The quantitative estimate of drug-likeness (QED) is 0.532. The Hall–Kier alpha value is -3.34. The van der Waals surface area contributed by atoms with Crippen LogP contribution < -0.4 is 10.6 Å². The summed E-state index contributed by atoms with van der Waals surface area (Å²) in [6.45, 7) is -0.488. The molecule has 3 aliphatic rings. The van der Waals surface area contributed by atoms with E-state index >= 15 is 0 Å². The average Bonchev–Trinajstić information content (AvgIpc) is 3.48. The Kier molecular flexibility index (Phi) is 6.50. The van der Waals surface area contributed by atoms with E-state index in [1.165, 1.54) is 23.1 Å². The van der Waals surface area contributed by atoms with E-state index in [1.54, 1.807) is 6.07 Å². The van der Waals surface area contributed by atoms with Crippen molar-refractivity contribution in [1.82, 2.24) is 20.5 Å². The lowest BCUT2D eigenvalue weighted by atomic mass is 9.72.